The fourth-order valence-electron chi connectivity index (χ4n) is 4.26. The van der Waals surface area contributed by atoms with E-state index in [1.807, 2.05) is 24.3 Å². The van der Waals surface area contributed by atoms with E-state index in [9.17, 15) is 0 Å². The summed E-state index contributed by atoms with van der Waals surface area (Å²) < 4.78 is 18.0. The molecule has 2 atom stereocenters. The smallest absolute Gasteiger partial charge is 0.221 e. The number of pyridine rings is 1. The predicted octanol–water partition coefficient (Wildman–Crippen LogP) is 5.53. The molecule has 3 aromatic rings. The van der Waals surface area contributed by atoms with Crippen LogP contribution in [0.4, 0.5) is 0 Å². The summed E-state index contributed by atoms with van der Waals surface area (Å²) in [5, 5.41) is 3.08. The lowest BCUT2D eigenvalue weighted by molar-refractivity contribution is 0.0480. The normalized spacial score (nSPS) is 13.7. The molecule has 1 aromatic heterocycles. The van der Waals surface area contributed by atoms with E-state index in [4.69, 9.17) is 19.2 Å². The number of rotatable bonds is 11. The van der Waals surface area contributed by atoms with E-state index in [2.05, 4.69) is 63.5 Å². The van der Waals surface area contributed by atoms with Gasteiger partial charge in [0, 0.05) is 16.8 Å². The molecule has 0 saturated carbocycles. The minimum Gasteiger partial charge on any atom is -0.481 e. The molecule has 2 unspecified atom stereocenters. The molecule has 0 spiro atoms. The Morgan fingerprint density at radius 2 is 1.22 bits per heavy atom. The van der Waals surface area contributed by atoms with Gasteiger partial charge in [-0.3, -0.25) is 9.80 Å². The topological polar surface area (TPSA) is 47.1 Å². The summed E-state index contributed by atoms with van der Waals surface area (Å²) >= 11 is 0. The summed E-state index contributed by atoms with van der Waals surface area (Å²) in [5.41, 5.74) is 0.851. The molecule has 6 heteroatoms. The van der Waals surface area contributed by atoms with E-state index in [0.29, 0.717) is 5.88 Å². The van der Waals surface area contributed by atoms with Crippen molar-refractivity contribution in [3.8, 4) is 17.4 Å². The zero-order valence-corrected chi connectivity index (χ0v) is 20.5. The van der Waals surface area contributed by atoms with E-state index in [-0.39, 0.29) is 12.5 Å². The van der Waals surface area contributed by atoms with Crippen LogP contribution >= 0.6 is 0 Å². The maximum absolute atomic E-state index is 6.20. The van der Waals surface area contributed by atoms with Gasteiger partial charge in [-0.15, -0.1) is 0 Å². The molecule has 174 valence electrons. The standard InChI is InChI=1S/C26H37N3O3/c1-8-28(9-2)18(5)31-20-12-14-22-23-15-13-21(32-19(6)29(10-3)11-4)17-25(23)27-26(30-7)24(22)16-20/h12-19H,8-11H2,1-7H3. The molecule has 0 radical (unpaired) electrons. The second-order valence-corrected chi connectivity index (χ2v) is 7.88. The van der Waals surface area contributed by atoms with Crippen molar-refractivity contribution < 1.29 is 14.2 Å². The first kappa shape index (κ1) is 24.1. The van der Waals surface area contributed by atoms with Gasteiger partial charge in [0.05, 0.1) is 12.6 Å². The SMILES string of the molecule is CCN(CC)C(C)Oc1ccc2c(c1)nc(OC)c1cc(OC(C)N(CC)CC)ccc12. The third-order valence-corrected chi connectivity index (χ3v) is 6.16. The Morgan fingerprint density at radius 3 is 1.72 bits per heavy atom. The molecule has 3 rings (SSSR count). The summed E-state index contributed by atoms with van der Waals surface area (Å²) in [6.45, 7) is 16.5. The van der Waals surface area contributed by atoms with Gasteiger partial charge in [0.15, 0.2) is 0 Å². The van der Waals surface area contributed by atoms with Crippen molar-refractivity contribution in [2.24, 2.45) is 0 Å². The molecule has 0 fully saturated rings. The number of methoxy groups -OCH3 is 1. The van der Waals surface area contributed by atoms with E-state index < -0.39 is 0 Å². The molecule has 2 aromatic carbocycles. The molecule has 0 saturated heterocycles. The van der Waals surface area contributed by atoms with Crippen molar-refractivity contribution in [2.45, 2.75) is 54.0 Å². The predicted molar refractivity (Wildman–Crippen MR) is 132 cm³/mol. The van der Waals surface area contributed by atoms with Gasteiger partial charge in [0.2, 0.25) is 5.88 Å². The van der Waals surface area contributed by atoms with Crippen molar-refractivity contribution in [3.05, 3.63) is 36.4 Å². The zero-order chi connectivity index (χ0) is 23.3. The van der Waals surface area contributed by atoms with E-state index in [0.717, 1.165) is 59.4 Å². The van der Waals surface area contributed by atoms with E-state index >= 15 is 0 Å². The summed E-state index contributed by atoms with van der Waals surface area (Å²) in [4.78, 5) is 9.31. The van der Waals surface area contributed by atoms with Crippen LogP contribution in [0.25, 0.3) is 21.7 Å². The second kappa shape index (κ2) is 10.8. The number of hydrogen-bond acceptors (Lipinski definition) is 6. The van der Waals surface area contributed by atoms with Crippen LogP contribution in [-0.2, 0) is 0 Å². The lowest BCUT2D eigenvalue weighted by Crippen LogP contribution is -2.36. The van der Waals surface area contributed by atoms with Gasteiger partial charge in [-0.25, -0.2) is 4.98 Å². The van der Waals surface area contributed by atoms with Gasteiger partial charge >= 0.3 is 0 Å². The molecule has 1 heterocycles. The molecule has 0 bridgehead atoms. The number of ether oxygens (including phenoxy) is 3. The molecule has 32 heavy (non-hydrogen) atoms. The summed E-state index contributed by atoms with van der Waals surface area (Å²) in [6, 6.07) is 12.2. The highest BCUT2D eigenvalue weighted by atomic mass is 16.5. The first-order chi connectivity index (χ1) is 15.4. The van der Waals surface area contributed by atoms with Crippen molar-refractivity contribution in [1.82, 2.24) is 14.8 Å². The van der Waals surface area contributed by atoms with Crippen molar-refractivity contribution >= 4 is 21.7 Å². The first-order valence-corrected chi connectivity index (χ1v) is 11.7. The van der Waals surface area contributed by atoms with E-state index in [1.54, 1.807) is 7.11 Å². The fraction of sp³-hybridized carbons (Fsp3) is 0.500. The molecule has 0 aliphatic carbocycles. The Kier molecular flexibility index (Phi) is 8.15. The van der Waals surface area contributed by atoms with Crippen LogP contribution in [-0.4, -0.2) is 60.5 Å². The van der Waals surface area contributed by atoms with Gasteiger partial charge in [-0.1, -0.05) is 27.7 Å². The minimum absolute atomic E-state index is 0.00249. The monoisotopic (exact) mass is 439 g/mol. The molecule has 0 aliphatic rings. The third-order valence-electron chi connectivity index (χ3n) is 6.16. The largest absolute Gasteiger partial charge is 0.481 e. The zero-order valence-electron chi connectivity index (χ0n) is 20.5. The van der Waals surface area contributed by atoms with Gasteiger partial charge in [0.25, 0.3) is 0 Å². The molecular weight excluding hydrogens is 402 g/mol. The highest BCUT2D eigenvalue weighted by Crippen LogP contribution is 2.35. The van der Waals surface area contributed by atoms with Crippen LogP contribution in [0.15, 0.2) is 36.4 Å². The van der Waals surface area contributed by atoms with Gasteiger partial charge in [-0.2, -0.15) is 0 Å². The Labute approximate surface area is 192 Å². The Morgan fingerprint density at radius 1 is 0.719 bits per heavy atom. The lowest BCUT2D eigenvalue weighted by atomic mass is 10.1. The van der Waals surface area contributed by atoms with Gasteiger partial charge in [-0.05, 0) is 75.7 Å². The molecule has 0 amide bonds. The van der Waals surface area contributed by atoms with Crippen molar-refractivity contribution in [1.29, 1.82) is 0 Å². The average Bonchev–Trinajstić information content (AvgIpc) is 2.79. The summed E-state index contributed by atoms with van der Waals surface area (Å²) in [5.74, 6) is 2.20. The third kappa shape index (κ3) is 5.08. The molecule has 6 nitrogen and oxygen atoms in total. The number of hydrogen-bond donors (Lipinski definition) is 0. The first-order valence-electron chi connectivity index (χ1n) is 11.7. The number of benzene rings is 2. The van der Waals surface area contributed by atoms with Crippen molar-refractivity contribution in [3.63, 3.8) is 0 Å². The van der Waals surface area contributed by atoms with Gasteiger partial charge < -0.3 is 14.2 Å². The van der Waals surface area contributed by atoms with Crippen LogP contribution < -0.4 is 14.2 Å². The van der Waals surface area contributed by atoms with Crippen LogP contribution in [0.3, 0.4) is 0 Å². The van der Waals surface area contributed by atoms with E-state index in [1.165, 1.54) is 0 Å². The highest BCUT2D eigenvalue weighted by Gasteiger charge is 2.16. The van der Waals surface area contributed by atoms with Crippen LogP contribution in [0.5, 0.6) is 17.4 Å². The average molecular weight is 440 g/mol. The van der Waals surface area contributed by atoms with Gasteiger partial charge in [0.1, 0.15) is 24.0 Å². The Balaban J connectivity index is 1.96. The maximum atomic E-state index is 6.20. The Hall–Kier alpha value is -2.57. The van der Waals surface area contributed by atoms with Crippen LogP contribution in [0.2, 0.25) is 0 Å². The minimum atomic E-state index is -0.00522. The molecular formula is C26H37N3O3. The quantitative estimate of drug-likeness (QED) is 0.289. The summed E-state index contributed by atoms with van der Waals surface area (Å²) in [7, 11) is 1.66. The molecule has 0 N–H and O–H groups in total. The van der Waals surface area contributed by atoms with Crippen molar-refractivity contribution in [2.75, 3.05) is 33.3 Å². The number of aromatic nitrogens is 1. The second-order valence-electron chi connectivity index (χ2n) is 7.88. The maximum Gasteiger partial charge on any atom is 0.221 e. The highest BCUT2D eigenvalue weighted by molar-refractivity contribution is 6.08. The number of nitrogens with zero attached hydrogens (tertiary/aromatic N) is 3. The molecule has 0 aliphatic heterocycles. The van der Waals surface area contributed by atoms with Crippen LogP contribution in [0.1, 0.15) is 41.5 Å². The summed E-state index contributed by atoms with van der Waals surface area (Å²) in [6.07, 6.45) is -0.00771. The Bertz CT molecular complexity index is 1030. The lowest BCUT2D eigenvalue weighted by Gasteiger charge is -2.27. The number of fused-ring (bicyclic) bond motifs is 3. The fourth-order valence-corrected chi connectivity index (χ4v) is 4.26. The van der Waals surface area contributed by atoms with Crippen LogP contribution in [0, 0.1) is 0 Å².